The first-order chi connectivity index (χ1) is 10.3. The zero-order chi connectivity index (χ0) is 15.8. The van der Waals surface area contributed by atoms with Crippen LogP contribution in [0.4, 0.5) is 0 Å². The Morgan fingerprint density at radius 2 is 1.59 bits per heavy atom. The average molecular weight is 296 g/mol. The van der Waals surface area contributed by atoms with Gasteiger partial charge >= 0.3 is 0 Å². The van der Waals surface area contributed by atoms with Crippen LogP contribution in [-0.2, 0) is 0 Å². The molecule has 0 nitrogen and oxygen atoms in total. The summed E-state index contributed by atoms with van der Waals surface area (Å²) in [6, 6.07) is 0. The minimum Gasteiger partial charge on any atom is -0.0985 e. The molecular weight excluding hydrogens is 264 g/mol. The van der Waals surface area contributed by atoms with Gasteiger partial charge in [0.25, 0.3) is 0 Å². The van der Waals surface area contributed by atoms with E-state index in [-0.39, 0.29) is 7.43 Å². The molecule has 0 heterocycles. The number of hydrogen-bond donors (Lipinski definition) is 0. The van der Waals surface area contributed by atoms with Gasteiger partial charge in [-0.3, -0.25) is 0 Å². The van der Waals surface area contributed by atoms with Crippen molar-refractivity contribution >= 4 is 0 Å². The van der Waals surface area contributed by atoms with Crippen LogP contribution >= 0.6 is 0 Å². The Labute approximate surface area is 138 Å². The zero-order valence-electron chi connectivity index (χ0n) is 14.1. The van der Waals surface area contributed by atoms with Crippen molar-refractivity contribution in [3.8, 4) is 0 Å². The molecule has 0 bridgehead atoms. The second-order valence-electron chi connectivity index (χ2n) is 4.58. The number of allylic oxidation sites excluding steroid dienone is 13. The quantitative estimate of drug-likeness (QED) is 0.509. The van der Waals surface area contributed by atoms with E-state index >= 15 is 0 Å². The Balaban J connectivity index is 0.000000819. The Hall–Kier alpha value is -1.82. The first kappa shape index (κ1) is 20.2. The maximum atomic E-state index is 3.94. The van der Waals surface area contributed by atoms with Crippen LogP contribution in [0.3, 0.4) is 0 Å². The van der Waals surface area contributed by atoms with E-state index in [4.69, 9.17) is 0 Å². The summed E-state index contributed by atoms with van der Waals surface area (Å²) in [5.41, 5.74) is 6.98. The van der Waals surface area contributed by atoms with E-state index in [1.807, 2.05) is 33.8 Å². The van der Waals surface area contributed by atoms with Crippen molar-refractivity contribution in [2.45, 2.75) is 48.5 Å². The fraction of sp³-hybridized carbons (Fsp3) is 0.364. The van der Waals surface area contributed by atoms with Crippen molar-refractivity contribution < 1.29 is 0 Å². The zero-order valence-corrected chi connectivity index (χ0v) is 14.1. The van der Waals surface area contributed by atoms with Crippen LogP contribution in [0.15, 0.2) is 83.1 Å². The van der Waals surface area contributed by atoms with Crippen molar-refractivity contribution in [3.05, 3.63) is 83.1 Å². The fourth-order valence-corrected chi connectivity index (χ4v) is 2.88. The summed E-state index contributed by atoms with van der Waals surface area (Å²) in [5.74, 6) is 0.443. The SMILES string of the molecule is C.C=CC1=CC=C2C=CC=C3C=CC(CC)=C1C32.CC.CC. The highest BCUT2D eigenvalue weighted by molar-refractivity contribution is 5.65. The summed E-state index contributed by atoms with van der Waals surface area (Å²) in [4.78, 5) is 0. The molecule has 3 aliphatic rings. The lowest BCUT2D eigenvalue weighted by Crippen LogP contribution is -2.19. The van der Waals surface area contributed by atoms with Crippen LogP contribution in [0, 0.1) is 5.92 Å². The summed E-state index contributed by atoms with van der Waals surface area (Å²) >= 11 is 0. The molecule has 0 aromatic heterocycles. The second kappa shape index (κ2) is 10.00. The molecule has 0 aromatic rings. The minimum atomic E-state index is 0. The first-order valence-corrected chi connectivity index (χ1v) is 8.19. The molecule has 1 atom stereocenters. The normalized spacial score (nSPS) is 19.9. The van der Waals surface area contributed by atoms with Crippen LogP contribution in [0.25, 0.3) is 0 Å². The maximum Gasteiger partial charge on any atom is 0.0348 e. The lowest BCUT2D eigenvalue weighted by molar-refractivity contribution is 0.838. The highest BCUT2D eigenvalue weighted by Gasteiger charge is 2.29. The number of hydrogen-bond acceptors (Lipinski definition) is 0. The Morgan fingerprint density at radius 3 is 2.18 bits per heavy atom. The van der Waals surface area contributed by atoms with Gasteiger partial charge in [-0.2, -0.15) is 0 Å². The third-order valence-electron chi connectivity index (χ3n) is 3.72. The predicted molar refractivity (Wildman–Crippen MR) is 103 cm³/mol. The molecule has 0 saturated heterocycles. The third-order valence-corrected chi connectivity index (χ3v) is 3.72. The molecule has 0 fully saturated rings. The van der Waals surface area contributed by atoms with E-state index in [9.17, 15) is 0 Å². The van der Waals surface area contributed by atoms with Gasteiger partial charge < -0.3 is 0 Å². The summed E-state index contributed by atoms with van der Waals surface area (Å²) in [6.45, 7) is 14.2. The topological polar surface area (TPSA) is 0 Å². The van der Waals surface area contributed by atoms with E-state index in [0.29, 0.717) is 5.92 Å². The Kier molecular flexibility index (Phi) is 9.17. The van der Waals surface area contributed by atoms with Gasteiger partial charge in [-0.15, -0.1) is 0 Å². The smallest absolute Gasteiger partial charge is 0.0348 e. The van der Waals surface area contributed by atoms with Gasteiger partial charge in [0.05, 0.1) is 0 Å². The highest BCUT2D eigenvalue weighted by atomic mass is 14.3. The fourth-order valence-electron chi connectivity index (χ4n) is 2.88. The molecule has 0 radical (unpaired) electrons. The molecule has 0 aliphatic heterocycles. The van der Waals surface area contributed by atoms with Crippen LogP contribution in [0.5, 0.6) is 0 Å². The van der Waals surface area contributed by atoms with Crippen LogP contribution in [0.2, 0.25) is 0 Å². The Bertz CT molecular complexity index is 557. The van der Waals surface area contributed by atoms with Crippen LogP contribution in [-0.4, -0.2) is 0 Å². The highest BCUT2D eigenvalue weighted by Crippen LogP contribution is 2.44. The average Bonchev–Trinajstić information content (AvgIpc) is 2.59. The molecular formula is C22H32. The predicted octanol–water partition coefficient (Wildman–Crippen LogP) is 7.12. The van der Waals surface area contributed by atoms with Crippen molar-refractivity contribution in [1.82, 2.24) is 0 Å². The molecule has 0 N–H and O–H groups in total. The largest absolute Gasteiger partial charge is 0.0985 e. The minimum absolute atomic E-state index is 0. The standard InChI is InChI=1S/C17H16.2C2H6.CH4/c1-3-12-8-10-14-6-5-7-15-11-9-13(4-2)16(12)17(14)15;2*1-2;/h3,5-11,17H,1,4H2,2H3;2*1-2H3;1H4. The molecule has 0 spiro atoms. The van der Waals surface area contributed by atoms with Gasteiger partial charge in [-0.1, -0.05) is 97.2 Å². The molecule has 3 aliphatic carbocycles. The van der Waals surface area contributed by atoms with Gasteiger partial charge in [0.2, 0.25) is 0 Å². The van der Waals surface area contributed by atoms with E-state index in [0.717, 1.165) is 6.42 Å². The van der Waals surface area contributed by atoms with Gasteiger partial charge in [0.15, 0.2) is 0 Å². The van der Waals surface area contributed by atoms with Crippen LogP contribution in [0.1, 0.15) is 48.5 Å². The molecule has 0 aromatic carbocycles. The summed E-state index contributed by atoms with van der Waals surface area (Å²) in [6.07, 6.45) is 18.6. The maximum absolute atomic E-state index is 3.94. The lowest BCUT2D eigenvalue weighted by Gasteiger charge is -2.33. The molecule has 22 heavy (non-hydrogen) atoms. The van der Waals surface area contributed by atoms with Crippen molar-refractivity contribution in [3.63, 3.8) is 0 Å². The van der Waals surface area contributed by atoms with E-state index in [1.54, 1.807) is 0 Å². The Morgan fingerprint density at radius 1 is 0.955 bits per heavy atom. The molecule has 120 valence electrons. The first-order valence-electron chi connectivity index (χ1n) is 8.19. The van der Waals surface area contributed by atoms with Gasteiger partial charge in [-0.05, 0) is 34.3 Å². The lowest BCUT2D eigenvalue weighted by atomic mass is 9.71. The van der Waals surface area contributed by atoms with Gasteiger partial charge in [-0.25, -0.2) is 0 Å². The summed E-state index contributed by atoms with van der Waals surface area (Å²) < 4.78 is 0. The molecule has 1 unspecified atom stereocenters. The van der Waals surface area contributed by atoms with Crippen molar-refractivity contribution in [2.75, 3.05) is 0 Å². The van der Waals surface area contributed by atoms with Crippen molar-refractivity contribution in [1.29, 1.82) is 0 Å². The van der Waals surface area contributed by atoms with Crippen LogP contribution < -0.4 is 0 Å². The van der Waals surface area contributed by atoms with E-state index < -0.39 is 0 Å². The molecule has 3 rings (SSSR count). The van der Waals surface area contributed by atoms with Gasteiger partial charge in [0.1, 0.15) is 0 Å². The summed E-state index contributed by atoms with van der Waals surface area (Å²) in [5, 5.41) is 0. The number of rotatable bonds is 2. The van der Waals surface area contributed by atoms with E-state index in [2.05, 4.69) is 56.0 Å². The summed E-state index contributed by atoms with van der Waals surface area (Å²) in [7, 11) is 0. The van der Waals surface area contributed by atoms with Gasteiger partial charge in [0, 0.05) is 5.92 Å². The molecule has 0 amide bonds. The second-order valence-corrected chi connectivity index (χ2v) is 4.58. The molecule has 0 saturated carbocycles. The van der Waals surface area contributed by atoms with Crippen molar-refractivity contribution in [2.24, 2.45) is 5.92 Å². The monoisotopic (exact) mass is 296 g/mol. The third kappa shape index (κ3) is 3.68. The molecule has 0 heteroatoms. The van der Waals surface area contributed by atoms with E-state index in [1.165, 1.54) is 27.9 Å².